The van der Waals surface area contributed by atoms with Crippen LogP contribution in [0.15, 0.2) is 30.3 Å². The van der Waals surface area contributed by atoms with E-state index in [-0.39, 0.29) is 24.3 Å². The summed E-state index contributed by atoms with van der Waals surface area (Å²) in [6.07, 6.45) is 0.896. The highest BCUT2D eigenvalue weighted by Gasteiger charge is 2.22. The Kier molecular flexibility index (Phi) is 5.79. The van der Waals surface area contributed by atoms with Gasteiger partial charge in [0, 0.05) is 13.2 Å². The monoisotopic (exact) mass is 251 g/mol. The molecule has 1 unspecified atom stereocenters. The van der Waals surface area contributed by atoms with Crippen molar-refractivity contribution in [3.05, 3.63) is 35.9 Å². The molecule has 3 heteroatoms. The van der Waals surface area contributed by atoms with E-state index >= 15 is 0 Å². The van der Waals surface area contributed by atoms with E-state index in [4.69, 9.17) is 4.74 Å². The van der Waals surface area contributed by atoms with Crippen LogP contribution in [0.5, 0.6) is 0 Å². The van der Waals surface area contributed by atoms with Crippen LogP contribution >= 0.6 is 0 Å². The number of methoxy groups -OCH3 is 1. The fourth-order valence-corrected chi connectivity index (χ4v) is 2.16. The van der Waals surface area contributed by atoms with Gasteiger partial charge in [-0.2, -0.15) is 0 Å². The molecule has 0 bridgehead atoms. The third-order valence-electron chi connectivity index (χ3n) is 3.22. The zero-order chi connectivity index (χ0) is 13.6. The molecule has 1 rings (SSSR count). The highest BCUT2D eigenvalue weighted by atomic mass is 16.5. The molecule has 0 aliphatic rings. The summed E-state index contributed by atoms with van der Waals surface area (Å²) in [5, 5.41) is 12.9. The Morgan fingerprint density at radius 2 is 1.89 bits per heavy atom. The average Bonchev–Trinajstić information content (AvgIpc) is 2.36. The number of hydrogen-bond acceptors (Lipinski definition) is 3. The maximum Gasteiger partial charge on any atom is 0.0637 e. The van der Waals surface area contributed by atoms with Crippen LogP contribution < -0.4 is 5.32 Å². The first-order valence-electron chi connectivity index (χ1n) is 6.45. The molecule has 0 heterocycles. The summed E-state index contributed by atoms with van der Waals surface area (Å²) in [7, 11) is 1.73. The third kappa shape index (κ3) is 4.77. The maximum atomic E-state index is 9.49. The largest absolute Gasteiger partial charge is 0.394 e. The molecule has 0 amide bonds. The minimum Gasteiger partial charge on any atom is -0.394 e. The van der Waals surface area contributed by atoms with E-state index < -0.39 is 0 Å². The lowest BCUT2D eigenvalue weighted by Gasteiger charge is -2.29. The van der Waals surface area contributed by atoms with Crippen LogP contribution in [0.3, 0.4) is 0 Å². The van der Waals surface area contributed by atoms with Crippen molar-refractivity contribution in [3.63, 3.8) is 0 Å². The lowest BCUT2D eigenvalue weighted by molar-refractivity contribution is 0.00695. The lowest BCUT2D eigenvalue weighted by atomic mass is 9.98. The van der Waals surface area contributed by atoms with Gasteiger partial charge in [0.25, 0.3) is 0 Å². The fourth-order valence-electron chi connectivity index (χ4n) is 2.16. The highest BCUT2D eigenvalue weighted by Crippen LogP contribution is 2.18. The van der Waals surface area contributed by atoms with Gasteiger partial charge < -0.3 is 15.2 Å². The van der Waals surface area contributed by atoms with E-state index in [0.29, 0.717) is 0 Å². The molecule has 2 atom stereocenters. The van der Waals surface area contributed by atoms with Crippen LogP contribution in [0.4, 0.5) is 0 Å². The molecule has 0 fully saturated rings. The van der Waals surface area contributed by atoms with Gasteiger partial charge in [0.1, 0.15) is 0 Å². The number of aliphatic hydroxyl groups is 1. The van der Waals surface area contributed by atoms with Gasteiger partial charge in [0.15, 0.2) is 0 Å². The smallest absolute Gasteiger partial charge is 0.0637 e. The van der Waals surface area contributed by atoms with E-state index in [0.717, 1.165) is 12.0 Å². The highest BCUT2D eigenvalue weighted by molar-refractivity contribution is 5.19. The van der Waals surface area contributed by atoms with Crippen molar-refractivity contribution in [3.8, 4) is 0 Å². The van der Waals surface area contributed by atoms with Crippen molar-refractivity contribution >= 4 is 0 Å². The Morgan fingerprint density at radius 3 is 2.39 bits per heavy atom. The van der Waals surface area contributed by atoms with Crippen molar-refractivity contribution < 1.29 is 9.84 Å². The minimum absolute atomic E-state index is 0.0196. The minimum atomic E-state index is -0.150. The van der Waals surface area contributed by atoms with Crippen LogP contribution in [-0.2, 0) is 4.74 Å². The second kappa shape index (κ2) is 6.88. The predicted octanol–water partition coefficient (Wildman–Crippen LogP) is 2.51. The van der Waals surface area contributed by atoms with Crippen LogP contribution in [-0.4, -0.2) is 30.5 Å². The van der Waals surface area contributed by atoms with Gasteiger partial charge in [-0.3, -0.25) is 0 Å². The first-order chi connectivity index (χ1) is 8.48. The van der Waals surface area contributed by atoms with Crippen molar-refractivity contribution in [1.82, 2.24) is 5.32 Å². The third-order valence-corrected chi connectivity index (χ3v) is 3.22. The van der Waals surface area contributed by atoms with Gasteiger partial charge >= 0.3 is 0 Å². The Morgan fingerprint density at radius 1 is 1.28 bits per heavy atom. The van der Waals surface area contributed by atoms with E-state index in [1.807, 2.05) is 30.3 Å². The molecule has 0 aliphatic carbocycles. The summed E-state index contributed by atoms with van der Waals surface area (Å²) >= 11 is 0. The van der Waals surface area contributed by atoms with Gasteiger partial charge in [0.2, 0.25) is 0 Å². The molecule has 3 nitrogen and oxygen atoms in total. The molecule has 1 aromatic rings. The number of rotatable bonds is 7. The van der Waals surface area contributed by atoms with Crippen LogP contribution in [0.2, 0.25) is 0 Å². The van der Waals surface area contributed by atoms with Crippen LogP contribution in [0.25, 0.3) is 0 Å². The molecule has 0 aliphatic heterocycles. The Bertz CT molecular complexity index is 338. The summed E-state index contributed by atoms with van der Waals surface area (Å²) in [6, 6.07) is 10.3. The Hall–Kier alpha value is -0.900. The van der Waals surface area contributed by atoms with Crippen LogP contribution in [0, 0.1) is 0 Å². The molecule has 0 radical (unpaired) electrons. The molecule has 0 aromatic heterocycles. The normalized spacial score (nSPS) is 15.4. The summed E-state index contributed by atoms with van der Waals surface area (Å²) in [5.41, 5.74) is 0.963. The van der Waals surface area contributed by atoms with Crippen molar-refractivity contribution in [2.75, 3.05) is 13.7 Å². The SMILES string of the molecule is COC(C)(C)CC(C)N[C@H](CO)c1ccccc1. The summed E-state index contributed by atoms with van der Waals surface area (Å²) in [4.78, 5) is 0. The number of ether oxygens (including phenoxy) is 1. The second-order valence-electron chi connectivity index (χ2n) is 5.38. The standard InChI is InChI=1S/C15H25NO2/c1-12(10-15(2,3)18-4)16-14(11-17)13-8-6-5-7-9-13/h5-9,12,14,16-17H,10-11H2,1-4H3/t12?,14-/m1/s1. The van der Waals surface area contributed by atoms with E-state index in [1.165, 1.54) is 0 Å². The number of nitrogens with one attached hydrogen (secondary N) is 1. The van der Waals surface area contributed by atoms with E-state index in [1.54, 1.807) is 7.11 Å². The summed E-state index contributed by atoms with van der Waals surface area (Å²) in [5.74, 6) is 0. The average molecular weight is 251 g/mol. The lowest BCUT2D eigenvalue weighted by Crippen LogP contribution is -2.38. The molecule has 0 spiro atoms. The first-order valence-corrected chi connectivity index (χ1v) is 6.45. The van der Waals surface area contributed by atoms with Crippen molar-refractivity contribution in [1.29, 1.82) is 0 Å². The summed E-state index contributed by atoms with van der Waals surface area (Å²) < 4.78 is 5.43. The molecule has 102 valence electrons. The molecule has 1 aromatic carbocycles. The zero-order valence-corrected chi connectivity index (χ0v) is 11.8. The van der Waals surface area contributed by atoms with Gasteiger partial charge in [-0.05, 0) is 32.8 Å². The maximum absolute atomic E-state index is 9.49. The molecule has 0 saturated carbocycles. The zero-order valence-electron chi connectivity index (χ0n) is 11.8. The van der Waals surface area contributed by atoms with Gasteiger partial charge in [-0.15, -0.1) is 0 Å². The molecule has 2 N–H and O–H groups in total. The van der Waals surface area contributed by atoms with E-state index in [9.17, 15) is 5.11 Å². The topological polar surface area (TPSA) is 41.5 Å². The van der Waals surface area contributed by atoms with Crippen molar-refractivity contribution in [2.24, 2.45) is 0 Å². The first kappa shape index (κ1) is 15.2. The van der Waals surface area contributed by atoms with Gasteiger partial charge in [-0.25, -0.2) is 0 Å². The molecule has 18 heavy (non-hydrogen) atoms. The number of aliphatic hydroxyl groups excluding tert-OH is 1. The van der Waals surface area contributed by atoms with Crippen LogP contribution in [0.1, 0.15) is 38.8 Å². The predicted molar refractivity (Wildman–Crippen MR) is 74.6 cm³/mol. The summed E-state index contributed by atoms with van der Waals surface area (Å²) in [6.45, 7) is 6.36. The van der Waals surface area contributed by atoms with Crippen molar-refractivity contribution in [2.45, 2.75) is 44.9 Å². The van der Waals surface area contributed by atoms with Gasteiger partial charge in [-0.1, -0.05) is 30.3 Å². The number of hydrogen-bond donors (Lipinski definition) is 2. The fraction of sp³-hybridized carbons (Fsp3) is 0.600. The van der Waals surface area contributed by atoms with E-state index in [2.05, 4.69) is 26.1 Å². The van der Waals surface area contributed by atoms with Gasteiger partial charge in [0.05, 0.1) is 18.2 Å². The quantitative estimate of drug-likeness (QED) is 0.782. The molecular formula is C15H25NO2. The molecule has 0 saturated heterocycles. The second-order valence-corrected chi connectivity index (χ2v) is 5.38. The Labute approximate surface area is 110 Å². The number of benzene rings is 1. The molecular weight excluding hydrogens is 226 g/mol. The Balaban J connectivity index is 2.59.